The van der Waals surface area contributed by atoms with Crippen LogP contribution in [-0.4, -0.2) is 51.2 Å². The molecule has 4 rings (SSSR count). The van der Waals surface area contributed by atoms with Gasteiger partial charge in [-0.2, -0.15) is 0 Å². The van der Waals surface area contributed by atoms with Gasteiger partial charge in [-0.05, 0) is 35.5 Å². The summed E-state index contributed by atoms with van der Waals surface area (Å²) in [6, 6.07) is 9.85. The van der Waals surface area contributed by atoms with Crippen molar-refractivity contribution in [1.29, 1.82) is 0 Å². The maximum absolute atomic E-state index is 11.0. The minimum Gasteiger partial charge on any atom is -0.491 e. The largest absolute Gasteiger partial charge is 0.491 e. The van der Waals surface area contributed by atoms with Crippen molar-refractivity contribution in [3.8, 4) is 5.75 Å². The number of thioether (sulfide) groups is 1. The van der Waals surface area contributed by atoms with Gasteiger partial charge in [-0.25, -0.2) is 0 Å². The summed E-state index contributed by atoms with van der Waals surface area (Å²) in [5.41, 5.74) is 2.65. The van der Waals surface area contributed by atoms with E-state index in [0.29, 0.717) is 12.3 Å². The Morgan fingerprint density at radius 1 is 1.41 bits per heavy atom. The molecule has 4 N–H and O–H groups in total. The number of H-pyrrole nitrogens is 1. The van der Waals surface area contributed by atoms with Gasteiger partial charge in [0, 0.05) is 16.7 Å². The summed E-state index contributed by atoms with van der Waals surface area (Å²) in [4.78, 5) is 18.9. The number of thiophene rings is 1. The number of carbonyl (C=O) groups is 1. The molecule has 1 unspecified atom stereocenters. The molecular weight excluding hydrogens is 430 g/mol. The Bertz CT molecular complexity index is 1030. The number of benzene rings is 1. The van der Waals surface area contributed by atoms with E-state index in [4.69, 9.17) is 14.9 Å². The number of nitrogens with one attached hydrogen (secondary N) is 2. The lowest BCUT2D eigenvalue weighted by Gasteiger charge is -2.10. The van der Waals surface area contributed by atoms with Gasteiger partial charge >= 0.3 is 5.97 Å². The Balaban J connectivity index is 1.61. The van der Waals surface area contributed by atoms with E-state index in [9.17, 15) is 4.79 Å². The fraction of sp³-hybridized carbons (Fsp3) is 0.263. The number of fused-ring (bicyclic) bond motifs is 1. The third-order valence-corrected chi connectivity index (χ3v) is 7.25. The highest BCUT2D eigenvalue weighted by molar-refractivity contribution is 8.15. The number of anilines is 1. The van der Waals surface area contributed by atoms with Crippen molar-refractivity contribution in [2.75, 3.05) is 24.5 Å². The number of aromatic amines is 1. The molecule has 0 bridgehead atoms. The standard InChI is InChI=1S/C19H19N3O4S3/c23-3-4-26-12-6-11-7-15(19-20-10-13(28-19)9-16(24)25)21-18(11)14(8-12)22-29-17-2-1-5-27-17/h1-2,5-8,13,21-23H,3-4,9-10H2,(H,24,25). The first kappa shape index (κ1) is 20.1. The molecule has 0 saturated carbocycles. The molecule has 29 heavy (non-hydrogen) atoms. The zero-order valence-corrected chi connectivity index (χ0v) is 17.7. The fourth-order valence-electron chi connectivity index (χ4n) is 2.95. The van der Waals surface area contributed by atoms with Gasteiger partial charge < -0.3 is 24.7 Å². The lowest BCUT2D eigenvalue weighted by atomic mass is 10.2. The van der Waals surface area contributed by atoms with Crippen LogP contribution in [0.2, 0.25) is 0 Å². The molecule has 1 aliphatic rings. The molecule has 0 saturated heterocycles. The summed E-state index contributed by atoms with van der Waals surface area (Å²) in [6.07, 6.45) is 0.0985. The first-order valence-corrected chi connectivity index (χ1v) is 11.5. The number of carboxylic acids is 1. The number of hydrogen-bond donors (Lipinski definition) is 4. The number of nitrogens with zero attached hydrogens (tertiary/aromatic N) is 1. The molecule has 7 nitrogen and oxygen atoms in total. The molecular formula is C19H19N3O4S3. The Morgan fingerprint density at radius 3 is 3.07 bits per heavy atom. The average Bonchev–Trinajstić information content (AvgIpc) is 3.44. The van der Waals surface area contributed by atoms with E-state index in [2.05, 4.69) is 14.7 Å². The molecule has 1 aliphatic heterocycles. The van der Waals surface area contributed by atoms with Gasteiger partial charge in [-0.1, -0.05) is 17.8 Å². The topological polar surface area (TPSA) is 107 Å². The normalized spacial score (nSPS) is 16.2. The lowest BCUT2D eigenvalue weighted by molar-refractivity contribution is -0.136. The van der Waals surface area contributed by atoms with Gasteiger partial charge in [0.15, 0.2) is 0 Å². The molecule has 0 amide bonds. The van der Waals surface area contributed by atoms with Gasteiger partial charge in [0.05, 0.1) is 40.7 Å². The van der Waals surface area contributed by atoms with E-state index in [1.807, 2.05) is 35.7 Å². The number of ether oxygens (including phenoxy) is 1. The lowest BCUT2D eigenvalue weighted by Crippen LogP contribution is -2.10. The molecule has 3 aromatic rings. The summed E-state index contributed by atoms with van der Waals surface area (Å²) in [5, 5.41) is 21.8. The zero-order valence-electron chi connectivity index (χ0n) is 15.3. The number of aliphatic hydroxyl groups is 1. The average molecular weight is 450 g/mol. The third-order valence-electron chi connectivity index (χ3n) is 4.17. The predicted octanol–water partition coefficient (Wildman–Crippen LogP) is 4.06. The van der Waals surface area contributed by atoms with Crippen LogP contribution >= 0.6 is 35.0 Å². The zero-order chi connectivity index (χ0) is 20.2. The second-order valence-corrected chi connectivity index (χ2v) is 9.65. The van der Waals surface area contributed by atoms with Crippen LogP contribution in [0, 0.1) is 0 Å². The van der Waals surface area contributed by atoms with Crippen LogP contribution in [-0.2, 0) is 4.79 Å². The van der Waals surface area contributed by atoms with Crippen LogP contribution in [0.1, 0.15) is 12.1 Å². The highest BCUT2D eigenvalue weighted by atomic mass is 32.2. The quantitative estimate of drug-likeness (QED) is 0.365. The number of aliphatic imine (C=N–C) groups is 1. The molecule has 10 heteroatoms. The van der Waals surface area contributed by atoms with E-state index < -0.39 is 5.97 Å². The van der Waals surface area contributed by atoms with Crippen LogP contribution in [0.3, 0.4) is 0 Å². The highest BCUT2D eigenvalue weighted by Crippen LogP contribution is 2.36. The van der Waals surface area contributed by atoms with Gasteiger partial charge in [-0.3, -0.25) is 9.79 Å². The Labute approximate surface area is 179 Å². The number of aliphatic carboxylic acids is 1. The number of hydrogen-bond acceptors (Lipinski definition) is 8. The van der Waals surface area contributed by atoms with Gasteiger partial charge in [0.2, 0.25) is 0 Å². The number of carboxylic acid groups (broad SMARTS) is 1. The van der Waals surface area contributed by atoms with E-state index in [0.717, 1.165) is 31.5 Å². The molecule has 152 valence electrons. The van der Waals surface area contributed by atoms with Crippen LogP contribution in [0.15, 0.2) is 44.9 Å². The van der Waals surface area contributed by atoms with E-state index >= 15 is 0 Å². The monoisotopic (exact) mass is 449 g/mol. The fourth-order valence-corrected chi connectivity index (χ4v) is 5.48. The van der Waals surface area contributed by atoms with Crippen LogP contribution in [0.5, 0.6) is 5.75 Å². The van der Waals surface area contributed by atoms with Crippen molar-refractivity contribution in [3.63, 3.8) is 0 Å². The molecule has 2 aromatic heterocycles. The van der Waals surface area contributed by atoms with Crippen molar-refractivity contribution in [2.24, 2.45) is 4.99 Å². The molecule has 0 radical (unpaired) electrons. The summed E-state index contributed by atoms with van der Waals surface area (Å²) in [7, 11) is 0. The van der Waals surface area contributed by atoms with Gasteiger partial charge in [-0.15, -0.1) is 11.3 Å². The van der Waals surface area contributed by atoms with E-state index in [1.165, 1.54) is 23.7 Å². The number of rotatable bonds is 9. The van der Waals surface area contributed by atoms with Crippen molar-refractivity contribution < 1.29 is 19.7 Å². The van der Waals surface area contributed by atoms with E-state index in [1.54, 1.807) is 11.3 Å². The van der Waals surface area contributed by atoms with Crippen LogP contribution in [0.25, 0.3) is 10.9 Å². The Kier molecular flexibility index (Phi) is 6.34. The smallest absolute Gasteiger partial charge is 0.304 e. The number of aliphatic hydroxyl groups excluding tert-OH is 1. The first-order chi connectivity index (χ1) is 14.1. The van der Waals surface area contributed by atoms with Gasteiger partial charge in [0.1, 0.15) is 17.4 Å². The second-order valence-electron chi connectivity index (χ2n) is 6.31. The molecule has 0 fully saturated rings. The Hall–Kier alpha value is -2.14. The SMILES string of the molecule is O=C(O)CC1CN=C(c2cc3cc(OCCO)cc(NSc4cccs4)c3[nH]2)S1. The maximum atomic E-state index is 11.0. The summed E-state index contributed by atoms with van der Waals surface area (Å²) in [5.74, 6) is -0.144. The molecule has 0 aliphatic carbocycles. The van der Waals surface area contributed by atoms with Gasteiger partial charge in [0.25, 0.3) is 0 Å². The predicted molar refractivity (Wildman–Crippen MR) is 120 cm³/mol. The second kappa shape index (κ2) is 9.12. The van der Waals surface area contributed by atoms with Crippen molar-refractivity contribution >= 4 is 62.6 Å². The molecule has 1 aromatic carbocycles. The molecule has 3 heterocycles. The third kappa shape index (κ3) is 4.89. The Morgan fingerprint density at radius 2 is 2.31 bits per heavy atom. The number of aromatic nitrogens is 1. The summed E-state index contributed by atoms with van der Waals surface area (Å²) in [6.45, 7) is 0.674. The van der Waals surface area contributed by atoms with Crippen LogP contribution in [0.4, 0.5) is 5.69 Å². The molecule has 1 atom stereocenters. The van der Waals surface area contributed by atoms with Crippen molar-refractivity contribution in [1.82, 2.24) is 4.98 Å². The van der Waals surface area contributed by atoms with Crippen molar-refractivity contribution in [3.05, 3.63) is 41.4 Å². The first-order valence-electron chi connectivity index (χ1n) is 8.92. The molecule has 0 spiro atoms. The van der Waals surface area contributed by atoms with Crippen LogP contribution < -0.4 is 9.46 Å². The maximum Gasteiger partial charge on any atom is 0.304 e. The van der Waals surface area contributed by atoms with Crippen molar-refractivity contribution in [2.45, 2.75) is 15.9 Å². The minimum absolute atomic E-state index is 0.0376. The minimum atomic E-state index is -0.807. The highest BCUT2D eigenvalue weighted by Gasteiger charge is 2.24. The summed E-state index contributed by atoms with van der Waals surface area (Å²) < 4.78 is 10.1. The summed E-state index contributed by atoms with van der Waals surface area (Å²) >= 11 is 4.66. The van der Waals surface area contributed by atoms with E-state index in [-0.39, 0.29) is 24.9 Å².